The van der Waals surface area contributed by atoms with Gasteiger partial charge in [-0.25, -0.2) is 5.06 Å². The van der Waals surface area contributed by atoms with Crippen LogP contribution >= 0.6 is 7.94 Å². The number of carbonyl (C=O) groups is 1. The van der Waals surface area contributed by atoms with E-state index in [0.29, 0.717) is 11.5 Å². The minimum atomic E-state index is -4.31. The van der Waals surface area contributed by atoms with Crippen LogP contribution < -0.4 is 39.3 Å². The smallest absolute Gasteiger partial charge is 0.660 e. The third-order valence-electron chi connectivity index (χ3n) is 2.80. The molecule has 1 amide bonds. The molecule has 1 aromatic rings. The Balaban J connectivity index is 0.00000400. The second-order valence-corrected chi connectivity index (χ2v) is 6.29. The van der Waals surface area contributed by atoms with E-state index in [-0.39, 0.29) is 48.9 Å². The van der Waals surface area contributed by atoms with Crippen molar-refractivity contribution in [1.29, 1.82) is 0 Å². The van der Waals surface area contributed by atoms with Gasteiger partial charge in [-0.05, 0) is 18.4 Å². The van der Waals surface area contributed by atoms with Crippen LogP contribution in [0.3, 0.4) is 0 Å². The largest absolute Gasteiger partial charge is 1.00 e. The van der Waals surface area contributed by atoms with Gasteiger partial charge in [0.25, 0.3) is 0 Å². The van der Waals surface area contributed by atoms with Gasteiger partial charge >= 0.3 is 29.6 Å². The van der Waals surface area contributed by atoms with Crippen molar-refractivity contribution in [3.05, 3.63) is 35.9 Å². The first kappa shape index (κ1) is 21.0. The van der Waals surface area contributed by atoms with Gasteiger partial charge in [0, 0.05) is 20.8 Å². The number of amides is 1. The quantitative estimate of drug-likeness (QED) is 0.231. The van der Waals surface area contributed by atoms with Crippen molar-refractivity contribution >= 4 is 13.9 Å². The Bertz CT molecular complexity index is 413. The van der Waals surface area contributed by atoms with Gasteiger partial charge in [-0.1, -0.05) is 30.3 Å². The van der Waals surface area contributed by atoms with Crippen molar-refractivity contribution in [2.75, 3.05) is 12.7 Å². The molecule has 1 aromatic carbocycles. The van der Waals surface area contributed by atoms with Crippen molar-refractivity contribution < 1.29 is 54.2 Å². The molecule has 0 aliphatic rings. The van der Waals surface area contributed by atoms with Crippen LogP contribution in [0.4, 0.5) is 0 Å². The Morgan fingerprint density at radius 1 is 1.19 bits per heavy atom. The van der Waals surface area contributed by atoms with Crippen LogP contribution in [0.5, 0.6) is 0 Å². The van der Waals surface area contributed by atoms with E-state index in [0.717, 1.165) is 12.0 Å². The molecule has 0 saturated carbocycles. The van der Waals surface area contributed by atoms with E-state index in [1.165, 1.54) is 0 Å². The van der Waals surface area contributed by atoms with Crippen molar-refractivity contribution in [2.45, 2.75) is 25.7 Å². The summed E-state index contributed by atoms with van der Waals surface area (Å²) in [5.74, 6) is -0.445. The zero-order valence-electron chi connectivity index (χ0n) is 12.1. The standard InChI is InChI=1S/C13H20NO5P.Na/c15-13(14(16)10-5-11-20(17,18)19)9-4-8-12-6-2-1-3-7-12;/h1-3,6-7,16H,4-5,8-11H2,(H2,17,18,19);/q;+1/p-1. The van der Waals surface area contributed by atoms with Crippen LogP contribution in [0.2, 0.25) is 0 Å². The van der Waals surface area contributed by atoms with Crippen LogP contribution in [0.15, 0.2) is 30.3 Å². The molecule has 0 heterocycles. The zero-order valence-corrected chi connectivity index (χ0v) is 15.0. The fourth-order valence-corrected chi connectivity index (χ4v) is 2.30. The molecule has 0 aliphatic carbocycles. The van der Waals surface area contributed by atoms with Crippen LogP contribution in [0.25, 0.3) is 0 Å². The minimum absolute atomic E-state index is 0. The molecule has 0 radical (unpaired) electrons. The molecule has 6 nitrogen and oxygen atoms in total. The molecule has 0 aliphatic heterocycles. The van der Waals surface area contributed by atoms with Gasteiger partial charge in [0.2, 0.25) is 5.91 Å². The fourth-order valence-electron chi connectivity index (χ4n) is 1.76. The van der Waals surface area contributed by atoms with E-state index in [4.69, 9.17) is 4.89 Å². The van der Waals surface area contributed by atoms with Crippen molar-refractivity contribution in [3.63, 3.8) is 0 Å². The first-order chi connectivity index (χ1) is 9.38. The molecule has 8 heteroatoms. The molecule has 0 spiro atoms. The Labute approximate surface area is 147 Å². The molecular weight excluding hydrogens is 304 g/mol. The van der Waals surface area contributed by atoms with E-state index in [2.05, 4.69) is 0 Å². The Hall–Kier alpha value is -0.0400. The summed E-state index contributed by atoms with van der Waals surface area (Å²) in [4.78, 5) is 41.1. The van der Waals surface area contributed by atoms with Gasteiger partial charge in [-0.2, -0.15) is 0 Å². The Morgan fingerprint density at radius 3 is 2.38 bits per heavy atom. The van der Waals surface area contributed by atoms with Crippen molar-refractivity contribution in [3.8, 4) is 0 Å². The van der Waals surface area contributed by atoms with Crippen LogP contribution in [-0.2, 0) is 11.2 Å². The van der Waals surface area contributed by atoms with Gasteiger partial charge in [0.05, 0.1) is 12.7 Å². The molecule has 0 unspecified atom stereocenters. The zero-order chi connectivity index (χ0) is 15.0. The molecule has 1 rings (SSSR count). The Morgan fingerprint density at radius 2 is 1.81 bits per heavy atom. The topological polar surface area (TPSA) is 107 Å². The SMILES string of the molecule is O=C(CCCc1ccccc1)N(O)CCC[P+]([O-])([O-])O.[Na+]. The van der Waals surface area contributed by atoms with Crippen LogP contribution in [0.1, 0.15) is 24.8 Å². The van der Waals surface area contributed by atoms with Crippen molar-refractivity contribution in [2.24, 2.45) is 0 Å². The number of hydrogen-bond donors (Lipinski definition) is 2. The van der Waals surface area contributed by atoms with Crippen LogP contribution in [0, 0.1) is 0 Å². The molecule has 21 heavy (non-hydrogen) atoms. The summed E-state index contributed by atoms with van der Waals surface area (Å²) in [6, 6.07) is 9.69. The summed E-state index contributed by atoms with van der Waals surface area (Å²) in [7, 11) is -4.31. The molecule has 2 N–H and O–H groups in total. The first-order valence-electron chi connectivity index (χ1n) is 6.44. The molecule has 112 valence electrons. The predicted octanol–water partition coefficient (Wildman–Crippen LogP) is -2.90. The van der Waals surface area contributed by atoms with Crippen LogP contribution in [-0.4, -0.2) is 33.8 Å². The molecule has 0 bridgehead atoms. The molecule has 0 saturated heterocycles. The number of hydroxylamine groups is 2. The first-order valence-corrected chi connectivity index (χ1v) is 8.21. The maximum atomic E-state index is 11.6. The molecular formula is C13H19NNaO5P. The number of carbonyl (C=O) groups excluding carboxylic acids is 1. The molecule has 0 atom stereocenters. The number of rotatable bonds is 8. The van der Waals surface area contributed by atoms with E-state index >= 15 is 0 Å². The summed E-state index contributed by atoms with van der Waals surface area (Å²) in [5, 5.41) is 9.94. The second kappa shape index (κ2) is 10.6. The summed E-state index contributed by atoms with van der Waals surface area (Å²) >= 11 is 0. The van der Waals surface area contributed by atoms with Gasteiger partial charge in [0.1, 0.15) is 0 Å². The average molecular weight is 323 g/mol. The maximum absolute atomic E-state index is 11.6. The monoisotopic (exact) mass is 323 g/mol. The van der Waals surface area contributed by atoms with E-state index in [1.54, 1.807) is 0 Å². The van der Waals surface area contributed by atoms with E-state index < -0.39 is 20.0 Å². The van der Waals surface area contributed by atoms with E-state index in [9.17, 15) is 19.8 Å². The van der Waals surface area contributed by atoms with E-state index in [1.807, 2.05) is 30.3 Å². The predicted molar refractivity (Wildman–Crippen MR) is 71.5 cm³/mol. The van der Waals surface area contributed by atoms with Gasteiger partial charge in [0.15, 0.2) is 0 Å². The third kappa shape index (κ3) is 10.3. The summed E-state index contributed by atoms with van der Waals surface area (Å²) in [6.45, 7) is -0.100. The molecule has 0 fully saturated rings. The number of aryl methyl sites for hydroxylation is 1. The number of hydrogen-bond acceptors (Lipinski definition) is 5. The maximum Gasteiger partial charge on any atom is 1.00 e. The Kier molecular flexibility index (Phi) is 10.6. The second-order valence-electron chi connectivity index (χ2n) is 4.57. The average Bonchev–Trinajstić information content (AvgIpc) is 2.38. The van der Waals surface area contributed by atoms with Gasteiger partial charge < -0.3 is 9.79 Å². The fraction of sp³-hybridized carbons (Fsp3) is 0.462. The summed E-state index contributed by atoms with van der Waals surface area (Å²) in [5.41, 5.74) is 1.12. The number of nitrogens with zero attached hydrogens (tertiary/aromatic N) is 1. The van der Waals surface area contributed by atoms with Crippen molar-refractivity contribution in [1.82, 2.24) is 5.06 Å². The molecule has 0 aromatic heterocycles. The normalized spacial score (nSPS) is 10.9. The summed E-state index contributed by atoms with van der Waals surface area (Å²) < 4.78 is 0. The summed E-state index contributed by atoms with van der Waals surface area (Å²) in [6.07, 6.45) is 1.12. The number of benzene rings is 1. The van der Waals surface area contributed by atoms with Gasteiger partial charge in [-0.15, -0.1) is 0 Å². The minimum Gasteiger partial charge on any atom is -0.660 e. The van der Waals surface area contributed by atoms with Gasteiger partial charge in [-0.3, -0.25) is 14.9 Å². The third-order valence-corrected chi connectivity index (χ3v) is 3.68.